The lowest BCUT2D eigenvalue weighted by Gasteiger charge is -2.34. The molecular weight excluding hydrogens is 240 g/mol. The van der Waals surface area contributed by atoms with Gasteiger partial charge in [-0.1, -0.05) is 13.3 Å². The second-order valence-electron chi connectivity index (χ2n) is 6.13. The lowest BCUT2D eigenvalue weighted by Crippen LogP contribution is -2.46. The van der Waals surface area contributed by atoms with E-state index in [1.807, 2.05) is 11.9 Å². The lowest BCUT2D eigenvalue weighted by atomic mass is 9.81. The van der Waals surface area contributed by atoms with E-state index in [1.165, 1.54) is 6.42 Å². The van der Waals surface area contributed by atoms with Crippen LogP contribution in [0.15, 0.2) is 0 Å². The van der Waals surface area contributed by atoms with Crippen LogP contribution >= 0.6 is 0 Å². The largest absolute Gasteiger partial charge is 0.376 e. The molecule has 0 spiro atoms. The minimum atomic E-state index is -0.155. The molecular formula is C15H28N2O2. The van der Waals surface area contributed by atoms with Gasteiger partial charge in [0.2, 0.25) is 5.91 Å². The standard InChI is InChI=1S/C15H28N2O2/c1-3-7-15(8-9-16-12-15)14(18)17(2)11-13-6-4-5-10-19-13/h13,16H,3-12H2,1-2H3. The van der Waals surface area contributed by atoms with Gasteiger partial charge >= 0.3 is 0 Å². The van der Waals surface area contributed by atoms with Crippen LogP contribution in [-0.4, -0.2) is 50.2 Å². The van der Waals surface area contributed by atoms with Gasteiger partial charge in [0.25, 0.3) is 0 Å². The van der Waals surface area contributed by atoms with Crippen molar-refractivity contribution < 1.29 is 9.53 Å². The first kappa shape index (κ1) is 14.8. The van der Waals surface area contributed by atoms with E-state index in [0.29, 0.717) is 5.91 Å². The Morgan fingerprint density at radius 1 is 1.47 bits per heavy atom. The highest BCUT2D eigenvalue weighted by Gasteiger charge is 2.42. The monoisotopic (exact) mass is 268 g/mol. The summed E-state index contributed by atoms with van der Waals surface area (Å²) in [5.41, 5.74) is -0.155. The van der Waals surface area contributed by atoms with Gasteiger partial charge in [0, 0.05) is 26.7 Å². The summed E-state index contributed by atoms with van der Waals surface area (Å²) < 4.78 is 5.74. The third-order valence-electron chi connectivity index (χ3n) is 4.52. The number of carbonyl (C=O) groups is 1. The van der Waals surface area contributed by atoms with Crippen LogP contribution in [0.5, 0.6) is 0 Å². The molecule has 4 heteroatoms. The molecule has 2 aliphatic heterocycles. The Bertz CT molecular complexity index is 295. The van der Waals surface area contributed by atoms with Crippen molar-refractivity contribution in [2.24, 2.45) is 5.41 Å². The van der Waals surface area contributed by atoms with Crippen molar-refractivity contribution in [3.05, 3.63) is 0 Å². The second-order valence-corrected chi connectivity index (χ2v) is 6.13. The molecule has 2 atom stereocenters. The first-order chi connectivity index (χ1) is 9.18. The van der Waals surface area contributed by atoms with Crippen molar-refractivity contribution >= 4 is 5.91 Å². The topological polar surface area (TPSA) is 41.6 Å². The van der Waals surface area contributed by atoms with Crippen molar-refractivity contribution in [3.8, 4) is 0 Å². The van der Waals surface area contributed by atoms with Gasteiger partial charge < -0.3 is 15.0 Å². The molecule has 0 saturated carbocycles. The highest BCUT2D eigenvalue weighted by Crippen LogP contribution is 2.33. The van der Waals surface area contributed by atoms with E-state index in [1.54, 1.807) is 0 Å². The number of nitrogens with one attached hydrogen (secondary N) is 1. The zero-order chi connectivity index (χ0) is 13.7. The number of amides is 1. The molecule has 0 aromatic rings. The molecule has 0 aliphatic carbocycles. The van der Waals surface area contributed by atoms with Gasteiger partial charge in [-0.25, -0.2) is 0 Å². The van der Waals surface area contributed by atoms with Gasteiger partial charge in [-0.05, 0) is 38.6 Å². The molecule has 2 heterocycles. The van der Waals surface area contributed by atoms with E-state index in [2.05, 4.69) is 12.2 Å². The fourth-order valence-electron chi connectivity index (χ4n) is 3.47. The number of nitrogens with zero attached hydrogens (tertiary/aromatic N) is 1. The van der Waals surface area contributed by atoms with Gasteiger partial charge in [0.1, 0.15) is 0 Å². The maximum Gasteiger partial charge on any atom is 0.229 e. The number of likely N-dealkylation sites (N-methyl/N-ethyl adjacent to an activating group) is 1. The Morgan fingerprint density at radius 3 is 2.89 bits per heavy atom. The van der Waals surface area contributed by atoms with E-state index in [0.717, 1.165) is 58.3 Å². The van der Waals surface area contributed by atoms with E-state index in [-0.39, 0.29) is 11.5 Å². The average molecular weight is 268 g/mol. The Morgan fingerprint density at radius 2 is 2.32 bits per heavy atom. The molecule has 1 N–H and O–H groups in total. The summed E-state index contributed by atoms with van der Waals surface area (Å²) in [6, 6.07) is 0. The minimum absolute atomic E-state index is 0.155. The van der Waals surface area contributed by atoms with Crippen LogP contribution in [0, 0.1) is 5.41 Å². The van der Waals surface area contributed by atoms with Crippen LogP contribution in [0.1, 0.15) is 45.4 Å². The maximum absolute atomic E-state index is 12.8. The Balaban J connectivity index is 1.92. The Hall–Kier alpha value is -0.610. The number of carbonyl (C=O) groups excluding carboxylic acids is 1. The maximum atomic E-state index is 12.8. The van der Waals surface area contributed by atoms with E-state index >= 15 is 0 Å². The predicted molar refractivity (Wildman–Crippen MR) is 76.1 cm³/mol. The van der Waals surface area contributed by atoms with Crippen LogP contribution in [0.3, 0.4) is 0 Å². The van der Waals surface area contributed by atoms with Crippen molar-refractivity contribution in [2.45, 2.75) is 51.6 Å². The van der Waals surface area contributed by atoms with Crippen LogP contribution < -0.4 is 5.32 Å². The predicted octanol–water partition coefficient (Wildman–Crippen LogP) is 1.79. The normalized spacial score (nSPS) is 31.4. The molecule has 2 unspecified atom stereocenters. The summed E-state index contributed by atoms with van der Waals surface area (Å²) in [6.45, 7) is 5.59. The summed E-state index contributed by atoms with van der Waals surface area (Å²) in [5.74, 6) is 0.313. The van der Waals surface area contributed by atoms with Gasteiger partial charge in [-0.15, -0.1) is 0 Å². The molecule has 2 fully saturated rings. The number of hydrogen-bond donors (Lipinski definition) is 1. The van der Waals surface area contributed by atoms with Crippen molar-refractivity contribution in [1.82, 2.24) is 10.2 Å². The molecule has 2 rings (SSSR count). The van der Waals surface area contributed by atoms with Gasteiger partial charge in [0.15, 0.2) is 0 Å². The second kappa shape index (κ2) is 6.71. The van der Waals surface area contributed by atoms with Crippen molar-refractivity contribution in [1.29, 1.82) is 0 Å². The average Bonchev–Trinajstić information content (AvgIpc) is 2.89. The van der Waals surface area contributed by atoms with Gasteiger partial charge in [0.05, 0.1) is 11.5 Å². The summed E-state index contributed by atoms with van der Waals surface area (Å²) in [4.78, 5) is 14.7. The summed E-state index contributed by atoms with van der Waals surface area (Å²) in [7, 11) is 1.94. The van der Waals surface area contributed by atoms with E-state index in [9.17, 15) is 4.79 Å². The number of hydrogen-bond acceptors (Lipinski definition) is 3. The van der Waals surface area contributed by atoms with Crippen molar-refractivity contribution in [3.63, 3.8) is 0 Å². The Labute approximate surface area is 116 Å². The highest BCUT2D eigenvalue weighted by molar-refractivity contribution is 5.83. The Kier molecular flexibility index (Phi) is 5.22. The number of ether oxygens (including phenoxy) is 1. The summed E-state index contributed by atoms with van der Waals surface area (Å²) in [6.07, 6.45) is 6.78. The van der Waals surface area contributed by atoms with Gasteiger partial charge in [-0.3, -0.25) is 4.79 Å². The molecule has 0 radical (unpaired) electrons. The highest BCUT2D eigenvalue weighted by atomic mass is 16.5. The van der Waals surface area contributed by atoms with Crippen LogP contribution in [0.2, 0.25) is 0 Å². The van der Waals surface area contributed by atoms with Gasteiger partial charge in [-0.2, -0.15) is 0 Å². The molecule has 2 aliphatic rings. The minimum Gasteiger partial charge on any atom is -0.376 e. The molecule has 4 nitrogen and oxygen atoms in total. The molecule has 19 heavy (non-hydrogen) atoms. The first-order valence-electron chi connectivity index (χ1n) is 7.76. The fourth-order valence-corrected chi connectivity index (χ4v) is 3.47. The molecule has 2 saturated heterocycles. The van der Waals surface area contributed by atoms with E-state index in [4.69, 9.17) is 4.74 Å². The van der Waals surface area contributed by atoms with Crippen LogP contribution in [0.25, 0.3) is 0 Å². The quantitative estimate of drug-likeness (QED) is 0.826. The summed E-state index contributed by atoms with van der Waals surface area (Å²) >= 11 is 0. The molecule has 0 bridgehead atoms. The summed E-state index contributed by atoms with van der Waals surface area (Å²) in [5, 5.41) is 3.36. The van der Waals surface area contributed by atoms with Crippen molar-refractivity contribution in [2.75, 3.05) is 33.3 Å². The molecule has 1 amide bonds. The molecule has 0 aromatic heterocycles. The zero-order valence-corrected chi connectivity index (χ0v) is 12.4. The third kappa shape index (κ3) is 3.48. The fraction of sp³-hybridized carbons (Fsp3) is 0.933. The lowest BCUT2D eigenvalue weighted by molar-refractivity contribution is -0.142. The molecule has 0 aromatic carbocycles. The third-order valence-corrected chi connectivity index (χ3v) is 4.52. The SMILES string of the molecule is CCCC1(C(=O)N(C)CC2CCCCO2)CCNC1. The van der Waals surface area contributed by atoms with Crippen LogP contribution in [0.4, 0.5) is 0 Å². The van der Waals surface area contributed by atoms with Crippen LogP contribution in [-0.2, 0) is 9.53 Å². The van der Waals surface area contributed by atoms with E-state index < -0.39 is 0 Å². The number of rotatable bonds is 5. The zero-order valence-electron chi connectivity index (χ0n) is 12.4. The molecule has 110 valence electrons. The smallest absolute Gasteiger partial charge is 0.229 e. The first-order valence-corrected chi connectivity index (χ1v) is 7.76.